The van der Waals surface area contributed by atoms with Crippen molar-refractivity contribution in [2.24, 2.45) is 12.8 Å². The van der Waals surface area contributed by atoms with E-state index in [0.29, 0.717) is 5.56 Å². The van der Waals surface area contributed by atoms with Gasteiger partial charge in [0, 0.05) is 24.1 Å². The van der Waals surface area contributed by atoms with Gasteiger partial charge in [0.15, 0.2) is 5.82 Å². The number of hydrogen-bond donors (Lipinski definition) is 1. The van der Waals surface area contributed by atoms with E-state index in [1.54, 1.807) is 12.1 Å². The van der Waals surface area contributed by atoms with Crippen LogP contribution in [-0.2, 0) is 18.3 Å². The van der Waals surface area contributed by atoms with Crippen LogP contribution >= 0.6 is 11.6 Å². The summed E-state index contributed by atoms with van der Waals surface area (Å²) in [5, 5.41) is 8.95. The summed E-state index contributed by atoms with van der Waals surface area (Å²) in [5.41, 5.74) is 8.71. The minimum atomic E-state index is -0.470. The highest BCUT2D eigenvalue weighted by Gasteiger charge is 2.49. The van der Waals surface area contributed by atoms with E-state index in [2.05, 4.69) is 34.5 Å². The minimum Gasteiger partial charge on any atom is -0.366 e. The van der Waals surface area contributed by atoms with Crippen LogP contribution in [0.2, 0.25) is 0 Å². The van der Waals surface area contributed by atoms with Crippen LogP contribution in [0.3, 0.4) is 0 Å². The molecule has 0 aliphatic heterocycles. The highest BCUT2D eigenvalue weighted by atomic mass is 35.5. The van der Waals surface area contributed by atoms with Gasteiger partial charge in [-0.3, -0.25) is 4.79 Å². The summed E-state index contributed by atoms with van der Waals surface area (Å²) in [6.45, 7) is 0. The first kappa shape index (κ1) is 16.8. The predicted molar refractivity (Wildman–Crippen MR) is 101 cm³/mol. The summed E-state index contributed by atoms with van der Waals surface area (Å²) in [6, 6.07) is 15.7. The Labute approximate surface area is 156 Å². The number of primary amides is 1. The minimum absolute atomic E-state index is 0.0600. The van der Waals surface area contributed by atoms with Crippen LogP contribution in [0.1, 0.15) is 40.2 Å². The Morgan fingerprint density at radius 3 is 2.54 bits per heavy atom. The first-order valence-corrected chi connectivity index (χ1v) is 9.05. The van der Waals surface area contributed by atoms with Crippen molar-refractivity contribution in [1.29, 1.82) is 0 Å². The summed E-state index contributed by atoms with van der Waals surface area (Å²) in [6.07, 6.45) is 2.12. The molecule has 1 aromatic heterocycles. The van der Waals surface area contributed by atoms with Crippen molar-refractivity contribution in [3.8, 4) is 11.4 Å². The van der Waals surface area contributed by atoms with Gasteiger partial charge in [0.05, 0.1) is 5.41 Å². The van der Waals surface area contributed by atoms with Gasteiger partial charge in [-0.2, -0.15) is 0 Å². The summed E-state index contributed by atoms with van der Waals surface area (Å²) < 4.78 is 2.04. The largest absolute Gasteiger partial charge is 0.366 e. The Morgan fingerprint density at radius 1 is 1.19 bits per heavy atom. The number of nitrogens with zero attached hydrogens (tertiary/aromatic N) is 3. The van der Waals surface area contributed by atoms with Gasteiger partial charge in [0.25, 0.3) is 0 Å². The zero-order chi connectivity index (χ0) is 18.3. The number of carbonyl (C=O) groups excluding carboxylic acids is 1. The molecule has 1 heterocycles. The van der Waals surface area contributed by atoms with Gasteiger partial charge in [-0.15, -0.1) is 21.8 Å². The van der Waals surface area contributed by atoms with Crippen molar-refractivity contribution in [3.05, 3.63) is 71.0 Å². The Hall–Kier alpha value is -2.66. The third-order valence-corrected chi connectivity index (χ3v) is 5.44. The molecule has 0 radical (unpaired) electrons. The van der Waals surface area contributed by atoms with Crippen molar-refractivity contribution in [2.75, 3.05) is 0 Å². The molecular formula is C20H19ClN4O. The fourth-order valence-corrected chi connectivity index (χ4v) is 3.80. The maximum absolute atomic E-state index is 11.4. The first-order chi connectivity index (χ1) is 12.6. The lowest BCUT2D eigenvalue weighted by atomic mass is 9.95. The molecule has 3 aromatic rings. The van der Waals surface area contributed by atoms with E-state index in [0.717, 1.165) is 35.6 Å². The third-order valence-electron chi connectivity index (χ3n) is 5.15. The summed E-state index contributed by atoms with van der Waals surface area (Å²) in [5.74, 6) is 1.50. The second-order valence-electron chi connectivity index (χ2n) is 6.72. The highest BCUT2D eigenvalue weighted by molar-refractivity contribution is 6.17. The summed E-state index contributed by atoms with van der Waals surface area (Å²) in [4.78, 5) is 11.4. The van der Waals surface area contributed by atoms with E-state index in [1.807, 2.05) is 23.7 Å². The maximum atomic E-state index is 11.4. The lowest BCUT2D eigenvalue weighted by Gasteiger charge is -2.16. The molecule has 2 N–H and O–H groups in total. The maximum Gasteiger partial charge on any atom is 0.248 e. The lowest BCUT2D eigenvalue weighted by Crippen LogP contribution is -2.15. The number of benzene rings is 2. The third kappa shape index (κ3) is 2.59. The Kier molecular flexibility index (Phi) is 4.04. The van der Waals surface area contributed by atoms with Crippen LogP contribution in [0, 0.1) is 0 Å². The van der Waals surface area contributed by atoms with Gasteiger partial charge < -0.3 is 10.3 Å². The van der Waals surface area contributed by atoms with Gasteiger partial charge in [-0.25, -0.2) is 0 Å². The number of carbonyl (C=O) groups is 1. The summed E-state index contributed by atoms with van der Waals surface area (Å²) in [7, 11) is 1.98. The molecule has 1 aliphatic rings. The number of nitrogens with two attached hydrogens (primary N) is 1. The molecule has 1 amide bonds. The van der Waals surface area contributed by atoms with E-state index in [1.165, 1.54) is 5.56 Å². The molecule has 26 heavy (non-hydrogen) atoms. The lowest BCUT2D eigenvalue weighted by molar-refractivity contribution is 0.1000. The quantitative estimate of drug-likeness (QED) is 0.703. The van der Waals surface area contributed by atoms with Gasteiger partial charge >= 0.3 is 0 Å². The first-order valence-electron chi connectivity index (χ1n) is 8.51. The Bertz CT molecular complexity index is 977. The van der Waals surface area contributed by atoms with Crippen LogP contribution in [-0.4, -0.2) is 20.7 Å². The topological polar surface area (TPSA) is 73.8 Å². The number of alkyl halides is 1. The zero-order valence-electron chi connectivity index (χ0n) is 14.4. The number of hydrogen-bond acceptors (Lipinski definition) is 3. The molecule has 2 aromatic carbocycles. The molecule has 6 heteroatoms. The van der Waals surface area contributed by atoms with E-state index < -0.39 is 5.91 Å². The molecule has 1 fully saturated rings. The van der Waals surface area contributed by atoms with Crippen molar-refractivity contribution in [3.63, 3.8) is 0 Å². The van der Waals surface area contributed by atoms with Gasteiger partial charge in [0.1, 0.15) is 5.82 Å². The van der Waals surface area contributed by atoms with Crippen molar-refractivity contribution < 1.29 is 4.79 Å². The molecule has 4 rings (SSSR count). The highest BCUT2D eigenvalue weighted by Crippen LogP contribution is 2.53. The fraction of sp³-hybridized carbons (Fsp3) is 0.250. The van der Waals surface area contributed by atoms with Crippen LogP contribution in [0.15, 0.2) is 48.5 Å². The number of rotatable bonds is 5. The molecule has 0 bridgehead atoms. The van der Waals surface area contributed by atoms with Crippen LogP contribution < -0.4 is 5.73 Å². The standard InChI is InChI=1S/C20H19ClN4O/c1-25-18(16-8-7-13(17(22)26)11-14(16)12-21)23-24-19(25)20(9-10-20)15-5-3-2-4-6-15/h2-8,11H,9-10,12H2,1H3,(H2,22,26). The normalized spacial score (nSPS) is 15.0. The summed E-state index contributed by atoms with van der Waals surface area (Å²) >= 11 is 6.11. The average Bonchev–Trinajstić information content (AvgIpc) is 3.38. The van der Waals surface area contributed by atoms with Gasteiger partial charge in [0.2, 0.25) is 5.91 Å². The van der Waals surface area contributed by atoms with Crippen LogP contribution in [0.5, 0.6) is 0 Å². The van der Waals surface area contributed by atoms with Crippen LogP contribution in [0.4, 0.5) is 0 Å². The molecule has 132 valence electrons. The fourth-order valence-electron chi connectivity index (χ4n) is 3.58. The molecule has 1 saturated carbocycles. The molecule has 0 saturated heterocycles. The molecule has 0 spiro atoms. The van der Waals surface area contributed by atoms with Crippen molar-refractivity contribution in [2.45, 2.75) is 24.1 Å². The Balaban J connectivity index is 1.79. The van der Waals surface area contributed by atoms with Gasteiger partial charge in [-0.1, -0.05) is 36.4 Å². The average molecular weight is 367 g/mol. The predicted octanol–water partition coefficient (Wildman–Crippen LogP) is 3.40. The molecule has 0 unspecified atom stereocenters. The molecule has 0 atom stereocenters. The number of aromatic nitrogens is 3. The van der Waals surface area contributed by atoms with E-state index >= 15 is 0 Å². The van der Waals surface area contributed by atoms with E-state index in [9.17, 15) is 4.79 Å². The van der Waals surface area contributed by atoms with E-state index in [-0.39, 0.29) is 11.3 Å². The molecular weight excluding hydrogens is 348 g/mol. The number of amides is 1. The monoisotopic (exact) mass is 366 g/mol. The number of halogens is 1. The van der Waals surface area contributed by atoms with E-state index in [4.69, 9.17) is 17.3 Å². The molecule has 1 aliphatic carbocycles. The molecule has 5 nitrogen and oxygen atoms in total. The Morgan fingerprint density at radius 2 is 1.92 bits per heavy atom. The van der Waals surface area contributed by atoms with Crippen LogP contribution in [0.25, 0.3) is 11.4 Å². The van der Waals surface area contributed by atoms with Gasteiger partial charge in [-0.05, 0) is 36.1 Å². The zero-order valence-corrected chi connectivity index (χ0v) is 15.2. The van der Waals surface area contributed by atoms with Crippen molar-refractivity contribution >= 4 is 17.5 Å². The van der Waals surface area contributed by atoms with Crippen molar-refractivity contribution in [1.82, 2.24) is 14.8 Å². The second-order valence-corrected chi connectivity index (χ2v) is 6.99. The smallest absolute Gasteiger partial charge is 0.248 e. The SMILES string of the molecule is Cn1c(-c2ccc(C(N)=O)cc2CCl)nnc1C1(c2ccccc2)CC1. The second kappa shape index (κ2) is 6.25.